The highest BCUT2D eigenvalue weighted by molar-refractivity contribution is 8.13. The van der Waals surface area contributed by atoms with Gasteiger partial charge in [-0.1, -0.05) is 13.8 Å². The van der Waals surface area contributed by atoms with E-state index in [9.17, 15) is 8.42 Å². The van der Waals surface area contributed by atoms with Crippen LogP contribution in [0.4, 0.5) is 0 Å². The van der Waals surface area contributed by atoms with Gasteiger partial charge in [0.05, 0.1) is 24.6 Å². The molecule has 2 unspecified atom stereocenters. The Morgan fingerprint density at radius 3 is 2.30 bits per heavy atom. The fourth-order valence-corrected chi connectivity index (χ4v) is 4.75. The lowest BCUT2D eigenvalue weighted by Crippen LogP contribution is -2.36. The van der Waals surface area contributed by atoms with E-state index in [1.54, 1.807) is 7.11 Å². The van der Waals surface area contributed by atoms with E-state index in [0.717, 1.165) is 38.5 Å². The third-order valence-corrected chi connectivity index (χ3v) is 5.80. The molecule has 0 radical (unpaired) electrons. The fraction of sp³-hybridized carbons (Fsp3) is 1.00. The second kappa shape index (κ2) is 7.97. The number of methoxy groups -OCH3 is 1. The summed E-state index contributed by atoms with van der Waals surface area (Å²) in [6.45, 7) is 4.44. The van der Waals surface area contributed by atoms with E-state index in [1.165, 1.54) is 0 Å². The monoisotopic (exact) mass is 326 g/mol. The largest absolute Gasteiger partial charge is 0.381 e. The lowest BCUT2D eigenvalue weighted by molar-refractivity contribution is -0.0566. The SMILES string of the molecule is CCC(CC)(COC1CCCC(OC)C1)CS(=O)(=O)Cl. The van der Waals surface area contributed by atoms with Gasteiger partial charge in [0.1, 0.15) is 0 Å². The number of ether oxygens (including phenoxy) is 2. The third kappa shape index (κ3) is 5.88. The summed E-state index contributed by atoms with van der Waals surface area (Å²) >= 11 is 0. The van der Waals surface area contributed by atoms with Crippen molar-refractivity contribution in [2.45, 2.75) is 64.6 Å². The Kier molecular flexibility index (Phi) is 7.25. The molecular formula is C14H27ClO4S. The lowest BCUT2D eigenvalue weighted by Gasteiger charge is -2.34. The molecular weight excluding hydrogens is 300 g/mol. The van der Waals surface area contributed by atoms with Crippen molar-refractivity contribution in [3.63, 3.8) is 0 Å². The summed E-state index contributed by atoms with van der Waals surface area (Å²) in [5.41, 5.74) is -0.374. The Hall–Kier alpha value is 0.160. The molecule has 0 aromatic rings. The Bertz CT molecular complexity index is 379. The van der Waals surface area contributed by atoms with Crippen LogP contribution in [0.2, 0.25) is 0 Å². The first-order valence-electron chi connectivity index (χ1n) is 7.41. The maximum absolute atomic E-state index is 11.4. The van der Waals surface area contributed by atoms with Crippen molar-refractivity contribution in [2.75, 3.05) is 19.5 Å². The molecule has 0 bridgehead atoms. The van der Waals surface area contributed by atoms with Crippen molar-refractivity contribution < 1.29 is 17.9 Å². The zero-order chi connectivity index (χ0) is 15.2. The van der Waals surface area contributed by atoms with Gasteiger partial charge in [0, 0.05) is 23.2 Å². The van der Waals surface area contributed by atoms with Crippen LogP contribution < -0.4 is 0 Å². The molecule has 0 N–H and O–H groups in total. The zero-order valence-electron chi connectivity index (χ0n) is 12.7. The molecule has 0 aromatic heterocycles. The molecule has 1 saturated carbocycles. The highest BCUT2D eigenvalue weighted by Gasteiger charge is 2.33. The normalized spacial score (nSPS) is 24.8. The van der Waals surface area contributed by atoms with E-state index in [2.05, 4.69) is 0 Å². The molecule has 20 heavy (non-hydrogen) atoms. The van der Waals surface area contributed by atoms with E-state index >= 15 is 0 Å². The van der Waals surface area contributed by atoms with Crippen molar-refractivity contribution in [3.05, 3.63) is 0 Å². The van der Waals surface area contributed by atoms with Crippen molar-refractivity contribution in [3.8, 4) is 0 Å². The molecule has 1 fully saturated rings. The highest BCUT2D eigenvalue weighted by Crippen LogP contribution is 2.32. The number of rotatable bonds is 8. The Morgan fingerprint density at radius 2 is 1.80 bits per heavy atom. The smallest absolute Gasteiger partial charge is 0.233 e. The van der Waals surface area contributed by atoms with Crippen LogP contribution in [0.5, 0.6) is 0 Å². The second-order valence-electron chi connectivity index (χ2n) is 5.85. The van der Waals surface area contributed by atoms with Crippen LogP contribution in [0.1, 0.15) is 52.4 Å². The van der Waals surface area contributed by atoms with Crippen LogP contribution in [0.15, 0.2) is 0 Å². The quantitative estimate of drug-likeness (QED) is 0.642. The minimum absolute atomic E-state index is 0.0189. The lowest BCUT2D eigenvalue weighted by atomic mass is 9.85. The summed E-state index contributed by atoms with van der Waals surface area (Å²) in [6.07, 6.45) is 6.03. The molecule has 120 valence electrons. The fourth-order valence-electron chi connectivity index (χ4n) is 2.83. The minimum Gasteiger partial charge on any atom is -0.381 e. The number of hydrogen-bond donors (Lipinski definition) is 0. The molecule has 2 atom stereocenters. The van der Waals surface area contributed by atoms with Crippen molar-refractivity contribution in [2.24, 2.45) is 5.41 Å². The molecule has 0 heterocycles. The summed E-state index contributed by atoms with van der Waals surface area (Å²) in [7, 11) is 3.66. The minimum atomic E-state index is -3.51. The molecule has 1 rings (SSSR count). The van der Waals surface area contributed by atoms with E-state index in [0.29, 0.717) is 6.61 Å². The van der Waals surface area contributed by atoms with E-state index in [-0.39, 0.29) is 23.4 Å². The summed E-state index contributed by atoms with van der Waals surface area (Å²) in [6, 6.07) is 0. The molecule has 6 heteroatoms. The molecule has 1 aliphatic carbocycles. The Labute approximate surface area is 127 Å². The van der Waals surface area contributed by atoms with Gasteiger partial charge in [0.25, 0.3) is 0 Å². The molecule has 1 aliphatic rings. The van der Waals surface area contributed by atoms with Gasteiger partial charge >= 0.3 is 0 Å². The first-order chi connectivity index (χ1) is 9.34. The van der Waals surface area contributed by atoms with Gasteiger partial charge in [-0.15, -0.1) is 0 Å². The van der Waals surface area contributed by atoms with Gasteiger partial charge in [0.15, 0.2) is 0 Å². The van der Waals surface area contributed by atoms with Crippen LogP contribution in [0, 0.1) is 5.41 Å². The highest BCUT2D eigenvalue weighted by atomic mass is 35.7. The van der Waals surface area contributed by atoms with Crippen LogP contribution in [0.3, 0.4) is 0 Å². The van der Waals surface area contributed by atoms with Gasteiger partial charge in [0.2, 0.25) is 9.05 Å². The summed E-state index contributed by atoms with van der Waals surface area (Å²) in [5, 5.41) is 0. The first-order valence-corrected chi connectivity index (χ1v) is 9.88. The van der Waals surface area contributed by atoms with Crippen LogP contribution >= 0.6 is 10.7 Å². The van der Waals surface area contributed by atoms with Gasteiger partial charge < -0.3 is 9.47 Å². The predicted octanol–water partition coefficient (Wildman–Crippen LogP) is 3.34. The maximum Gasteiger partial charge on any atom is 0.233 e. The molecule has 4 nitrogen and oxygen atoms in total. The molecule has 0 spiro atoms. The van der Waals surface area contributed by atoms with E-state index in [1.807, 2.05) is 13.8 Å². The van der Waals surface area contributed by atoms with Crippen molar-refractivity contribution >= 4 is 19.7 Å². The van der Waals surface area contributed by atoms with Crippen LogP contribution in [-0.2, 0) is 18.5 Å². The Morgan fingerprint density at radius 1 is 1.20 bits per heavy atom. The van der Waals surface area contributed by atoms with Crippen LogP contribution in [-0.4, -0.2) is 40.1 Å². The van der Waals surface area contributed by atoms with Gasteiger partial charge in [-0.05, 0) is 38.5 Å². The molecule has 0 aliphatic heterocycles. The molecule has 0 aromatic carbocycles. The van der Waals surface area contributed by atoms with Gasteiger partial charge in [-0.3, -0.25) is 0 Å². The average Bonchev–Trinajstić information content (AvgIpc) is 2.42. The van der Waals surface area contributed by atoms with Gasteiger partial charge in [-0.2, -0.15) is 0 Å². The molecule has 0 saturated heterocycles. The summed E-state index contributed by atoms with van der Waals surface area (Å²) in [4.78, 5) is 0. The number of halogens is 1. The topological polar surface area (TPSA) is 52.6 Å². The zero-order valence-corrected chi connectivity index (χ0v) is 14.3. The standard InChI is InChI=1S/C14H27ClO4S/c1-4-14(5-2,11-20(15,16)17)10-19-13-8-6-7-12(9-13)18-3/h12-13H,4-11H2,1-3H3. The van der Waals surface area contributed by atoms with Crippen molar-refractivity contribution in [1.82, 2.24) is 0 Å². The van der Waals surface area contributed by atoms with Crippen LogP contribution in [0.25, 0.3) is 0 Å². The number of hydrogen-bond acceptors (Lipinski definition) is 4. The van der Waals surface area contributed by atoms with E-state index in [4.69, 9.17) is 20.2 Å². The average molecular weight is 327 g/mol. The third-order valence-electron chi connectivity index (χ3n) is 4.52. The van der Waals surface area contributed by atoms with Crippen molar-refractivity contribution in [1.29, 1.82) is 0 Å². The summed E-state index contributed by atoms with van der Waals surface area (Å²) in [5.74, 6) is -0.0189. The first kappa shape index (κ1) is 18.2. The maximum atomic E-state index is 11.4. The molecule has 0 amide bonds. The van der Waals surface area contributed by atoms with Gasteiger partial charge in [-0.25, -0.2) is 8.42 Å². The Balaban J connectivity index is 2.58. The summed E-state index contributed by atoms with van der Waals surface area (Å²) < 4.78 is 34.2. The predicted molar refractivity (Wildman–Crippen MR) is 81.7 cm³/mol. The van der Waals surface area contributed by atoms with E-state index < -0.39 is 9.05 Å². The second-order valence-corrected chi connectivity index (χ2v) is 8.62.